The molecule has 0 aliphatic carbocycles. The van der Waals surface area contributed by atoms with E-state index in [4.69, 9.17) is 4.42 Å². The summed E-state index contributed by atoms with van der Waals surface area (Å²) in [5.41, 5.74) is 1.35. The number of aromatic nitrogens is 3. The predicted molar refractivity (Wildman–Crippen MR) is 101 cm³/mol. The van der Waals surface area contributed by atoms with Crippen molar-refractivity contribution in [1.82, 2.24) is 19.3 Å². The van der Waals surface area contributed by atoms with Crippen LogP contribution in [0.15, 0.2) is 40.3 Å². The number of hydrogen-bond donors (Lipinski definition) is 2. The summed E-state index contributed by atoms with van der Waals surface area (Å²) in [7, 11) is 0. The molecule has 8 nitrogen and oxygen atoms in total. The summed E-state index contributed by atoms with van der Waals surface area (Å²) in [6.07, 6.45) is 4.20. The van der Waals surface area contributed by atoms with Gasteiger partial charge in [0.05, 0.1) is 11.8 Å². The number of aliphatic hydroxyl groups is 1. The van der Waals surface area contributed by atoms with Gasteiger partial charge in [-0.15, -0.1) is 6.58 Å². The van der Waals surface area contributed by atoms with Crippen LogP contribution in [0.1, 0.15) is 28.9 Å². The van der Waals surface area contributed by atoms with E-state index in [1.165, 1.54) is 10.6 Å². The minimum atomic E-state index is -0.672. The van der Waals surface area contributed by atoms with Crippen molar-refractivity contribution in [2.75, 3.05) is 6.54 Å². The van der Waals surface area contributed by atoms with Crippen molar-refractivity contribution < 1.29 is 14.3 Å². The van der Waals surface area contributed by atoms with Crippen LogP contribution in [0.4, 0.5) is 0 Å². The number of amides is 1. The summed E-state index contributed by atoms with van der Waals surface area (Å²) in [5, 5.41) is 11.9. The second-order valence-corrected chi connectivity index (χ2v) is 6.46. The molecule has 0 fully saturated rings. The van der Waals surface area contributed by atoms with E-state index in [2.05, 4.69) is 16.9 Å². The normalized spacial score (nSPS) is 12.3. The Morgan fingerprint density at radius 1 is 1.44 bits per heavy atom. The number of carbonyl (C=O) groups excluding carboxylic acids is 1. The molecule has 3 aromatic rings. The first-order valence-electron chi connectivity index (χ1n) is 8.59. The van der Waals surface area contributed by atoms with Gasteiger partial charge in [0, 0.05) is 31.0 Å². The Morgan fingerprint density at radius 3 is 2.78 bits per heavy atom. The van der Waals surface area contributed by atoms with Crippen molar-refractivity contribution in [1.29, 1.82) is 0 Å². The number of aliphatic hydroxyl groups excluding tert-OH is 1. The van der Waals surface area contributed by atoms with Crippen molar-refractivity contribution in [3.8, 4) is 11.3 Å². The van der Waals surface area contributed by atoms with Gasteiger partial charge in [-0.05, 0) is 26.8 Å². The highest BCUT2D eigenvalue weighted by atomic mass is 16.3. The molecule has 142 valence electrons. The molecule has 0 radical (unpaired) electrons. The van der Waals surface area contributed by atoms with E-state index in [1.54, 1.807) is 23.8 Å². The summed E-state index contributed by atoms with van der Waals surface area (Å²) < 4.78 is 8.68. The van der Waals surface area contributed by atoms with Gasteiger partial charge in [-0.3, -0.25) is 18.6 Å². The topological polar surface area (TPSA) is 102 Å². The van der Waals surface area contributed by atoms with Crippen LogP contribution in [-0.4, -0.2) is 37.6 Å². The number of allylic oxidation sites excluding steroid dienone is 1. The second-order valence-electron chi connectivity index (χ2n) is 6.46. The third-order valence-electron chi connectivity index (χ3n) is 4.14. The third-order valence-corrected chi connectivity index (χ3v) is 4.14. The first-order valence-corrected chi connectivity index (χ1v) is 8.59. The Bertz CT molecular complexity index is 1070. The average Bonchev–Trinajstić information content (AvgIpc) is 3.18. The molecular weight excluding hydrogens is 348 g/mol. The van der Waals surface area contributed by atoms with Crippen LogP contribution in [-0.2, 0) is 6.54 Å². The average molecular weight is 370 g/mol. The van der Waals surface area contributed by atoms with E-state index in [1.807, 2.05) is 19.9 Å². The fourth-order valence-electron chi connectivity index (χ4n) is 2.93. The largest absolute Gasteiger partial charge is 0.466 e. The molecule has 0 bridgehead atoms. The molecule has 0 saturated heterocycles. The van der Waals surface area contributed by atoms with E-state index >= 15 is 0 Å². The number of hydrogen-bond acceptors (Lipinski definition) is 5. The molecule has 8 heteroatoms. The highest BCUT2D eigenvalue weighted by Gasteiger charge is 2.19. The molecule has 3 heterocycles. The van der Waals surface area contributed by atoms with E-state index < -0.39 is 12.0 Å². The summed E-state index contributed by atoms with van der Waals surface area (Å²) in [5.74, 6) is 0.981. The van der Waals surface area contributed by atoms with Gasteiger partial charge in [0.1, 0.15) is 17.2 Å². The zero-order valence-corrected chi connectivity index (χ0v) is 15.5. The fourth-order valence-corrected chi connectivity index (χ4v) is 2.93. The molecule has 2 N–H and O–H groups in total. The molecule has 0 saturated carbocycles. The van der Waals surface area contributed by atoms with Gasteiger partial charge in [-0.2, -0.15) is 0 Å². The lowest BCUT2D eigenvalue weighted by molar-refractivity contribution is 0.0919. The van der Waals surface area contributed by atoms with Crippen LogP contribution in [0.2, 0.25) is 0 Å². The zero-order chi connectivity index (χ0) is 19.7. The highest BCUT2D eigenvalue weighted by molar-refractivity contribution is 5.92. The predicted octanol–water partition coefficient (Wildman–Crippen LogP) is 1.67. The monoisotopic (exact) mass is 370 g/mol. The maximum atomic E-state index is 13.0. The number of nitrogens with one attached hydrogen (secondary N) is 1. The quantitative estimate of drug-likeness (QED) is 0.643. The maximum absolute atomic E-state index is 13.0. The molecule has 0 unspecified atom stereocenters. The van der Waals surface area contributed by atoms with Crippen LogP contribution in [0, 0.1) is 13.8 Å². The van der Waals surface area contributed by atoms with Crippen molar-refractivity contribution in [3.05, 3.63) is 58.7 Å². The van der Waals surface area contributed by atoms with Crippen LogP contribution in [0.5, 0.6) is 0 Å². The van der Waals surface area contributed by atoms with Gasteiger partial charge in [0.25, 0.3) is 11.5 Å². The Balaban J connectivity index is 2.15. The fraction of sp³-hybridized carbons (Fsp3) is 0.316. The highest BCUT2D eigenvalue weighted by Crippen LogP contribution is 2.26. The smallest absolute Gasteiger partial charge is 0.295 e. The van der Waals surface area contributed by atoms with Crippen LogP contribution in [0.3, 0.4) is 0 Å². The number of furan rings is 1. The minimum absolute atomic E-state index is 0.103. The molecule has 0 aliphatic rings. The van der Waals surface area contributed by atoms with Crippen LogP contribution in [0.25, 0.3) is 16.9 Å². The SMILES string of the molecule is C=CCn1c(-c2cc(C)oc2C)cn2cc(C(=O)NC[C@H](C)O)nc2c1=O. The van der Waals surface area contributed by atoms with Gasteiger partial charge in [0.15, 0.2) is 0 Å². The first-order chi connectivity index (χ1) is 12.8. The van der Waals surface area contributed by atoms with E-state index in [0.29, 0.717) is 18.0 Å². The Morgan fingerprint density at radius 2 is 2.19 bits per heavy atom. The zero-order valence-electron chi connectivity index (χ0n) is 15.5. The summed E-state index contributed by atoms with van der Waals surface area (Å²) in [4.78, 5) is 29.4. The molecule has 3 aromatic heterocycles. The van der Waals surface area contributed by atoms with Crippen molar-refractivity contribution in [2.45, 2.75) is 33.4 Å². The molecule has 0 aliphatic heterocycles. The molecule has 1 atom stereocenters. The standard InChI is InChI=1S/C19H22N4O4/c1-5-6-23-16(14-7-12(3)27-13(14)4)10-22-9-15(21-17(22)19(23)26)18(25)20-8-11(2)24/h5,7,9-11,24H,1,6,8H2,2-4H3,(H,20,25)/t11-/m0/s1. The lowest BCUT2D eigenvalue weighted by Gasteiger charge is -2.11. The summed E-state index contributed by atoms with van der Waals surface area (Å²) in [6, 6.07) is 1.86. The third kappa shape index (κ3) is 3.56. The minimum Gasteiger partial charge on any atom is -0.466 e. The molecule has 0 spiro atoms. The van der Waals surface area contributed by atoms with Crippen molar-refractivity contribution in [2.24, 2.45) is 0 Å². The Labute approximate surface area is 155 Å². The number of nitrogens with zero attached hydrogens (tertiary/aromatic N) is 3. The maximum Gasteiger partial charge on any atom is 0.295 e. The number of carbonyl (C=O) groups is 1. The first kappa shape index (κ1) is 18.7. The number of fused-ring (bicyclic) bond motifs is 1. The van der Waals surface area contributed by atoms with Gasteiger partial charge in [0.2, 0.25) is 5.65 Å². The molecule has 1 amide bonds. The number of aryl methyl sites for hydroxylation is 2. The van der Waals surface area contributed by atoms with Gasteiger partial charge < -0.3 is 14.8 Å². The summed E-state index contributed by atoms with van der Waals surface area (Å²) >= 11 is 0. The second kappa shape index (κ2) is 7.24. The Hall–Kier alpha value is -3.13. The van der Waals surface area contributed by atoms with Crippen LogP contribution >= 0.6 is 0 Å². The molecule has 0 aromatic carbocycles. The lowest BCUT2D eigenvalue weighted by Crippen LogP contribution is -2.30. The van der Waals surface area contributed by atoms with Gasteiger partial charge >= 0.3 is 0 Å². The molecule has 27 heavy (non-hydrogen) atoms. The van der Waals surface area contributed by atoms with E-state index in [-0.39, 0.29) is 23.4 Å². The molecule has 3 rings (SSSR count). The summed E-state index contributed by atoms with van der Waals surface area (Å²) in [6.45, 7) is 9.36. The van der Waals surface area contributed by atoms with Crippen molar-refractivity contribution in [3.63, 3.8) is 0 Å². The van der Waals surface area contributed by atoms with Crippen molar-refractivity contribution >= 4 is 11.6 Å². The Kier molecular flexibility index (Phi) is 5.00. The molecular formula is C19H22N4O4. The number of rotatable bonds is 6. The van der Waals surface area contributed by atoms with Crippen LogP contribution < -0.4 is 10.9 Å². The number of imidazole rings is 1. The van der Waals surface area contributed by atoms with E-state index in [0.717, 1.165) is 11.3 Å². The lowest BCUT2D eigenvalue weighted by atomic mass is 10.2. The van der Waals surface area contributed by atoms with Gasteiger partial charge in [-0.25, -0.2) is 4.98 Å². The van der Waals surface area contributed by atoms with Gasteiger partial charge in [-0.1, -0.05) is 6.08 Å². The van der Waals surface area contributed by atoms with E-state index in [9.17, 15) is 14.7 Å².